The van der Waals surface area contributed by atoms with Crippen molar-refractivity contribution in [1.29, 1.82) is 0 Å². The van der Waals surface area contributed by atoms with E-state index in [0.29, 0.717) is 30.7 Å². The number of likely N-dealkylation sites (tertiary alicyclic amines) is 1. The average molecular weight is 354 g/mol. The molecule has 1 aromatic carbocycles. The minimum atomic E-state index is -0.191. The van der Waals surface area contributed by atoms with Gasteiger partial charge in [0, 0.05) is 31.0 Å². The highest BCUT2D eigenvalue weighted by atomic mass is 16.2. The van der Waals surface area contributed by atoms with Gasteiger partial charge in [-0.05, 0) is 44.1 Å². The van der Waals surface area contributed by atoms with E-state index in [4.69, 9.17) is 0 Å². The molecule has 1 heterocycles. The first kappa shape index (κ1) is 17.6. The van der Waals surface area contributed by atoms with E-state index in [9.17, 15) is 9.59 Å². The van der Waals surface area contributed by atoms with Gasteiger partial charge in [-0.25, -0.2) is 0 Å². The molecule has 0 aromatic heterocycles. The molecule has 5 atom stereocenters. The molecule has 1 aromatic rings. The lowest BCUT2D eigenvalue weighted by Crippen LogP contribution is -2.60. The van der Waals surface area contributed by atoms with Gasteiger partial charge >= 0.3 is 0 Å². The van der Waals surface area contributed by atoms with Crippen molar-refractivity contribution in [1.82, 2.24) is 10.2 Å². The van der Waals surface area contributed by atoms with Crippen molar-refractivity contribution in [3.63, 3.8) is 0 Å². The third-order valence-corrected chi connectivity index (χ3v) is 6.83. The van der Waals surface area contributed by atoms with Crippen LogP contribution in [-0.4, -0.2) is 35.3 Å². The Kier molecular flexibility index (Phi) is 4.76. The predicted molar refractivity (Wildman–Crippen MR) is 102 cm³/mol. The van der Waals surface area contributed by atoms with Crippen LogP contribution in [0.3, 0.4) is 0 Å². The van der Waals surface area contributed by atoms with Crippen LogP contribution in [0.25, 0.3) is 0 Å². The topological polar surface area (TPSA) is 49.4 Å². The Bertz CT molecular complexity index is 672. The molecule has 4 heteroatoms. The minimum Gasteiger partial charge on any atom is -0.352 e. The summed E-state index contributed by atoms with van der Waals surface area (Å²) in [6.45, 7) is 4.60. The van der Waals surface area contributed by atoms with Gasteiger partial charge in [-0.2, -0.15) is 0 Å². The normalized spacial score (nSPS) is 33.7. The number of rotatable bonds is 4. The summed E-state index contributed by atoms with van der Waals surface area (Å²) in [4.78, 5) is 26.9. The van der Waals surface area contributed by atoms with Gasteiger partial charge in [0.15, 0.2) is 0 Å². The van der Waals surface area contributed by atoms with Crippen LogP contribution < -0.4 is 5.32 Å². The van der Waals surface area contributed by atoms with E-state index >= 15 is 0 Å². The zero-order valence-electron chi connectivity index (χ0n) is 15.9. The summed E-state index contributed by atoms with van der Waals surface area (Å²) in [6, 6.07) is 11.1. The number of hydrogen-bond donors (Lipinski definition) is 1. The smallest absolute Gasteiger partial charge is 0.225 e. The second-order valence-corrected chi connectivity index (χ2v) is 8.62. The first-order valence-corrected chi connectivity index (χ1v) is 10.2. The van der Waals surface area contributed by atoms with Gasteiger partial charge in [0.1, 0.15) is 0 Å². The molecule has 3 fully saturated rings. The monoisotopic (exact) mass is 354 g/mol. The molecule has 2 aliphatic carbocycles. The van der Waals surface area contributed by atoms with E-state index in [1.54, 1.807) is 0 Å². The van der Waals surface area contributed by atoms with Crippen molar-refractivity contribution < 1.29 is 9.59 Å². The summed E-state index contributed by atoms with van der Waals surface area (Å²) in [5, 5.41) is 3.37. The van der Waals surface area contributed by atoms with Crippen LogP contribution in [0.4, 0.5) is 0 Å². The van der Waals surface area contributed by atoms with Gasteiger partial charge in [-0.1, -0.05) is 43.2 Å². The molecule has 0 spiro atoms. The minimum absolute atomic E-state index is 0.0801. The van der Waals surface area contributed by atoms with Crippen molar-refractivity contribution in [2.75, 3.05) is 6.54 Å². The Morgan fingerprint density at radius 3 is 2.46 bits per heavy atom. The number of nitrogens with zero attached hydrogens (tertiary/aromatic N) is 1. The summed E-state index contributed by atoms with van der Waals surface area (Å²) >= 11 is 0. The Hall–Kier alpha value is -1.84. The Labute approximate surface area is 156 Å². The molecule has 3 aliphatic rings. The van der Waals surface area contributed by atoms with Crippen LogP contribution in [0.1, 0.15) is 57.4 Å². The molecule has 140 valence electrons. The molecule has 1 N–H and O–H groups in total. The first-order valence-electron chi connectivity index (χ1n) is 10.2. The SMILES string of the molecule is CC(C)N1CC(C(=O)N[C@H]2C3CCCCC3[C@@H]2c2ccccc2)CC1=O. The van der Waals surface area contributed by atoms with E-state index in [1.807, 2.05) is 18.7 Å². The summed E-state index contributed by atoms with van der Waals surface area (Å²) in [5.41, 5.74) is 1.35. The molecular formula is C22H30N2O2. The fourth-order valence-corrected chi connectivity index (χ4v) is 5.48. The maximum absolute atomic E-state index is 12.9. The summed E-state index contributed by atoms with van der Waals surface area (Å²) in [7, 11) is 0. The number of hydrogen-bond acceptors (Lipinski definition) is 2. The predicted octanol–water partition coefficient (Wildman–Crippen LogP) is 3.33. The molecule has 4 nitrogen and oxygen atoms in total. The first-order chi connectivity index (χ1) is 12.6. The number of carbonyl (C=O) groups excluding carboxylic acids is 2. The van der Waals surface area contributed by atoms with Gasteiger partial charge in [-0.15, -0.1) is 0 Å². The molecule has 0 bridgehead atoms. The maximum atomic E-state index is 12.9. The van der Waals surface area contributed by atoms with Crippen molar-refractivity contribution >= 4 is 11.8 Å². The highest BCUT2D eigenvalue weighted by Gasteiger charge is 2.52. The fourth-order valence-electron chi connectivity index (χ4n) is 5.48. The molecule has 3 unspecified atom stereocenters. The van der Waals surface area contributed by atoms with Gasteiger partial charge in [0.25, 0.3) is 0 Å². The van der Waals surface area contributed by atoms with Crippen LogP contribution in [0.2, 0.25) is 0 Å². The van der Waals surface area contributed by atoms with Crippen molar-refractivity contribution in [2.45, 2.75) is 64.0 Å². The van der Waals surface area contributed by atoms with Crippen LogP contribution in [-0.2, 0) is 9.59 Å². The van der Waals surface area contributed by atoms with E-state index in [0.717, 1.165) is 0 Å². The molecule has 1 aliphatic heterocycles. The van der Waals surface area contributed by atoms with E-state index in [1.165, 1.54) is 31.2 Å². The number of benzene rings is 1. The van der Waals surface area contributed by atoms with Gasteiger partial charge in [0.05, 0.1) is 5.92 Å². The van der Waals surface area contributed by atoms with Crippen molar-refractivity contribution in [2.24, 2.45) is 17.8 Å². The fraction of sp³-hybridized carbons (Fsp3) is 0.636. The second-order valence-electron chi connectivity index (χ2n) is 8.62. The summed E-state index contributed by atoms with van der Waals surface area (Å²) < 4.78 is 0. The Balaban J connectivity index is 1.47. The highest BCUT2D eigenvalue weighted by Crippen LogP contribution is 2.54. The molecule has 2 amide bonds. The number of fused-ring (bicyclic) bond motifs is 1. The van der Waals surface area contributed by atoms with E-state index in [2.05, 4.69) is 35.6 Å². The zero-order chi connectivity index (χ0) is 18.3. The van der Waals surface area contributed by atoms with E-state index in [-0.39, 0.29) is 29.8 Å². The summed E-state index contributed by atoms with van der Waals surface area (Å²) in [5.74, 6) is 1.75. The van der Waals surface area contributed by atoms with Crippen LogP contribution in [0.15, 0.2) is 30.3 Å². The van der Waals surface area contributed by atoms with Gasteiger partial charge < -0.3 is 10.2 Å². The number of carbonyl (C=O) groups is 2. The second kappa shape index (κ2) is 7.05. The number of nitrogens with one attached hydrogen (secondary N) is 1. The molecule has 26 heavy (non-hydrogen) atoms. The van der Waals surface area contributed by atoms with E-state index < -0.39 is 0 Å². The average Bonchev–Trinajstić information content (AvgIpc) is 3.03. The van der Waals surface area contributed by atoms with Crippen LogP contribution in [0.5, 0.6) is 0 Å². The quantitative estimate of drug-likeness (QED) is 0.902. The van der Waals surface area contributed by atoms with Gasteiger partial charge in [0.2, 0.25) is 11.8 Å². The standard InChI is InChI=1S/C22H30N2O2/c1-14(2)24-13-16(12-19(24)25)22(26)23-21-18-11-7-6-10-17(18)20(21)15-8-4-3-5-9-15/h3-5,8-9,14,16-18,20-21H,6-7,10-13H2,1-2H3,(H,23,26)/t16?,17?,18?,20-,21-/m0/s1. The Morgan fingerprint density at radius 2 is 1.81 bits per heavy atom. The van der Waals surface area contributed by atoms with Crippen LogP contribution in [0, 0.1) is 17.8 Å². The lowest BCUT2D eigenvalue weighted by Gasteiger charge is -2.55. The van der Waals surface area contributed by atoms with Crippen molar-refractivity contribution in [3.05, 3.63) is 35.9 Å². The summed E-state index contributed by atoms with van der Waals surface area (Å²) in [6.07, 6.45) is 5.45. The zero-order valence-corrected chi connectivity index (χ0v) is 15.9. The Morgan fingerprint density at radius 1 is 1.12 bits per heavy atom. The molecule has 1 saturated heterocycles. The molecule has 0 radical (unpaired) electrons. The third-order valence-electron chi connectivity index (χ3n) is 6.83. The lowest BCUT2D eigenvalue weighted by molar-refractivity contribution is -0.131. The maximum Gasteiger partial charge on any atom is 0.225 e. The lowest BCUT2D eigenvalue weighted by atomic mass is 9.53. The molecule has 4 rings (SSSR count). The third kappa shape index (κ3) is 3.04. The largest absolute Gasteiger partial charge is 0.352 e. The van der Waals surface area contributed by atoms with Crippen LogP contribution >= 0.6 is 0 Å². The number of amides is 2. The van der Waals surface area contributed by atoms with Crippen molar-refractivity contribution in [3.8, 4) is 0 Å². The highest BCUT2D eigenvalue weighted by molar-refractivity contribution is 5.89. The molecule has 2 saturated carbocycles. The van der Waals surface area contributed by atoms with Gasteiger partial charge in [-0.3, -0.25) is 9.59 Å². The molecular weight excluding hydrogens is 324 g/mol.